The van der Waals surface area contributed by atoms with Crippen molar-refractivity contribution in [3.8, 4) is 56.2 Å². The fourth-order valence-corrected chi connectivity index (χ4v) is 5.84. The highest BCUT2D eigenvalue weighted by atomic mass is 14.9. The number of fused-ring (bicyclic) bond motifs is 2. The van der Waals surface area contributed by atoms with E-state index in [4.69, 9.17) is 15.0 Å². The Hall–Kier alpha value is -5.93. The summed E-state index contributed by atoms with van der Waals surface area (Å²) in [6, 6.07) is 54.7. The normalized spacial score (nSPS) is 11.2. The molecule has 0 saturated carbocycles. The summed E-state index contributed by atoms with van der Waals surface area (Å²) in [7, 11) is 0. The van der Waals surface area contributed by atoms with Crippen molar-refractivity contribution in [3.05, 3.63) is 164 Å². The van der Waals surface area contributed by atoms with Crippen LogP contribution in [0.5, 0.6) is 0 Å². The van der Waals surface area contributed by atoms with Crippen molar-refractivity contribution >= 4 is 21.7 Å². The van der Waals surface area contributed by atoms with Crippen LogP contribution in [-0.2, 0) is 0 Å². The molecule has 0 bridgehead atoms. The van der Waals surface area contributed by atoms with Crippen LogP contribution in [0.15, 0.2) is 164 Å². The average molecular weight is 562 g/mol. The molecule has 0 aliphatic heterocycles. The molecular weight excluding hydrogens is 534 g/mol. The second-order valence-corrected chi connectivity index (χ2v) is 10.9. The van der Waals surface area contributed by atoms with Crippen molar-refractivity contribution in [2.24, 2.45) is 0 Å². The van der Waals surface area contributed by atoms with Gasteiger partial charge in [-0.15, -0.1) is 0 Å². The molecule has 0 fully saturated rings. The molecule has 2 aromatic heterocycles. The second kappa shape index (κ2) is 11.0. The van der Waals surface area contributed by atoms with E-state index in [0.29, 0.717) is 0 Å². The SMILES string of the molecule is c1ccc(-c2nc(-c3cccc(-c4cnc5ccccc5c4)c3)c(-c3ccc4ccccc4c3)nc2-c2ccccc2)cc1. The van der Waals surface area contributed by atoms with Gasteiger partial charge < -0.3 is 0 Å². The molecule has 6 aromatic carbocycles. The van der Waals surface area contributed by atoms with Gasteiger partial charge in [0.2, 0.25) is 0 Å². The Labute approximate surface area is 256 Å². The van der Waals surface area contributed by atoms with E-state index in [1.165, 1.54) is 10.8 Å². The minimum atomic E-state index is 0.842. The second-order valence-electron chi connectivity index (χ2n) is 10.9. The molecule has 0 aliphatic rings. The summed E-state index contributed by atoms with van der Waals surface area (Å²) >= 11 is 0. The number of aromatic nitrogens is 3. The van der Waals surface area contributed by atoms with Crippen molar-refractivity contribution in [3.63, 3.8) is 0 Å². The molecule has 3 heteroatoms. The lowest BCUT2D eigenvalue weighted by molar-refractivity contribution is 1.22. The third-order valence-electron chi connectivity index (χ3n) is 8.07. The van der Waals surface area contributed by atoms with Crippen LogP contribution in [-0.4, -0.2) is 15.0 Å². The highest BCUT2D eigenvalue weighted by molar-refractivity contribution is 5.92. The van der Waals surface area contributed by atoms with E-state index in [1.807, 2.05) is 30.5 Å². The van der Waals surface area contributed by atoms with Gasteiger partial charge in [-0.2, -0.15) is 0 Å². The van der Waals surface area contributed by atoms with Crippen molar-refractivity contribution in [1.29, 1.82) is 0 Å². The molecule has 0 spiro atoms. The van der Waals surface area contributed by atoms with E-state index in [1.54, 1.807) is 0 Å². The number of rotatable bonds is 5. The van der Waals surface area contributed by atoms with E-state index in [2.05, 4.69) is 133 Å². The predicted molar refractivity (Wildman–Crippen MR) is 182 cm³/mol. The maximum atomic E-state index is 5.45. The Morgan fingerprint density at radius 1 is 0.295 bits per heavy atom. The summed E-state index contributed by atoms with van der Waals surface area (Å²) in [6.07, 6.45) is 1.95. The maximum Gasteiger partial charge on any atom is 0.0973 e. The van der Waals surface area contributed by atoms with Crippen LogP contribution in [0.3, 0.4) is 0 Å². The first kappa shape index (κ1) is 25.8. The Balaban J connectivity index is 1.38. The summed E-state index contributed by atoms with van der Waals surface area (Å²) in [5.74, 6) is 0. The standard InChI is InChI=1S/C41H27N3/c1-3-13-29(14-4-1)38-39(30-15-5-2-6-16-30)44-41(35-23-22-28-12-7-8-17-31(28)24-35)40(43-38)34-20-11-19-32(25-34)36-26-33-18-9-10-21-37(33)42-27-36/h1-27H. The molecule has 44 heavy (non-hydrogen) atoms. The third kappa shape index (κ3) is 4.81. The summed E-state index contributed by atoms with van der Waals surface area (Å²) in [5.41, 5.74) is 10.6. The summed E-state index contributed by atoms with van der Waals surface area (Å²) in [5, 5.41) is 3.48. The van der Waals surface area contributed by atoms with Crippen LogP contribution >= 0.6 is 0 Å². The van der Waals surface area contributed by atoms with Crippen molar-refractivity contribution in [2.45, 2.75) is 0 Å². The number of hydrogen-bond donors (Lipinski definition) is 0. The number of nitrogens with zero attached hydrogens (tertiary/aromatic N) is 3. The molecule has 0 N–H and O–H groups in total. The topological polar surface area (TPSA) is 38.7 Å². The lowest BCUT2D eigenvalue weighted by atomic mass is 9.96. The molecule has 0 aliphatic carbocycles. The molecule has 0 amide bonds. The summed E-state index contributed by atoms with van der Waals surface area (Å²) in [4.78, 5) is 15.6. The molecule has 0 unspecified atom stereocenters. The van der Waals surface area contributed by atoms with Gasteiger partial charge in [0.05, 0.1) is 28.3 Å². The van der Waals surface area contributed by atoms with Gasteiger partial charge in [-0.3, -0.25) is 4.98 Å². The zero-order valence-electron chi connectivity index (χ0n) is 23.9. The van der Waals surface area contributed by atoms with Crippen LogP contribution in [0.25, 0.3) is 77.8 Å². The molecule has 2 heterocycles. The first-order chi connectivity index (χ1) is 21.8. The quantitative estimate of drug-likeness (QED) is 0.210. The highest BCUT2D eigenvalue weighted by Crippen LogP contribution is 2.39. The Bertz CT molecular complexity index is 2270. The van der Waals surface area contributed by atoms with E-state index in [-0.39, 0.29) is 0 Å². The van der Waals surface area contributed by atoms with E-state index >= 15 is 0 Å². The zero-order chi connectivity index (χ0) is 29.3. The number of hydrogen-bond acceptors (Lipinski definition) is 3. The lowest BCUT2D eigenvalue weighted by Crippen LogP contribution is -2.01. The number of pyridine rings is 1. The minimum Gasteiger partial charge on any atom is -0.256 e. The van der Waals surface area contributed by atoms with Crippen LogP contribution < -0.4 is 0 Å². The first-order valence-electron chi connectivity index (χ1n) is 14.8. The Morgan fingerprint density at radius 3 is 1.50 bits per heavy atom. The molecule has 8 rings (SSSR count). The number of para-hydroxylation sites is 1. The summed E-state index contributed by atoms with van der Waals surface area (Å²) in [6.45, 7) is 0. The zero-order valence-corrected chi connectivity index (χ0v) is 23.9. The van der Waals surface area contributed by atoms with Crippen LogP contribution in [0, 0.1) is 0 Å². The van der Waals surface area contributed by atoms with E-state index in [9.17, 15) is 0 Å². The van der Waals surface area contributed by atoms with Gasteiger partial charge >= 0.3 is 0 Å². The Morgan fingerprint density at radius 2 is 0.795 bits per heavy atom. The van der Waals surface area contributed by atoms with E-state index in [0.717, 1.165) is 67.1 Å². The Kier molecular flexibility index (Phi) is 6.47. The van der Waals surface area contributed by atoms with E-state index < -0.39 is 0 Å². The highest BCUT2D eigenvalue weighted by Gasteiger charge is 2.20. The molecular formula is C41H27N3. The van der Waals surface area contributed by atoms with Gasteiger partial charge in [-0.05, 0) is 40.6 Å². The van der Waals surface area contributed by atoms with Gasteiger partial charge in [0.1, 0.15) is 0 Å². The van der Waals surface area contributed by atoms with Crippen molar-refractivity contribution in [2.75, 3.05) is 0 Å². The van der Waals surface area contributed by atoms with Gasteiger partial charge in [0.15, 0.2) is 0 Å². The van der Waals surface area contributed by atoms with Crippen LogP contribution in [0.1, 0.15) is 0 Å². The number of benzene rings is 6. The van der Waals surface area contributed by atoms with Crippen molar-refractivity contribution < 1.29 is 0 Å². The van der Waals surface area contributed by atoms with Crippen LogP contribution in [0.4, 0.5) is 0 Å². The third-order valence-corrected chi connectivity index (χ3v) is 8.07. The average Bonchev–Trinajstić information content (AvgIpc) is 3.11. The summed E-state index contributed by atoms with van der Waals surface area (Å²) < 4.78 is 0. The maximum absolute atomic E-state index is 5.45. The molecule has 0 atom stereocenters. The van der Waals surface area contributed by atoms with Gasteiger partial charge in [0.25, 0.3) is 0 Å². The monoisotopic (exact) mass is 561 g/mol. The molecule has 0 saturated heterocycles. The van der Waals surface area contributed by atoms with Gasteiger partial charge in [0, 0.05) is 39.4 Å². The smallest absolute Gasteiger partial charge is 0.0973 e. The molecule has 206 valence electrons. The van der Waals surface area contributed by atoms with Crippen LogP contribution in [0.2, 0.25) is 0 Å². The molecule has 0 radical (unpaired) electrons. The fraction of sp³-hybridized carbons (Fsp3) is 0. The molecule has 8 aromatic rings. The largest absolute Gasteiger partial charge is 0.256 e. The lowest BCUT2D eigenvalue weighted by Gasteiger charge is -2.17. The predicted octanol–water partition coefficient (Wildman–Crippen LogP) is 10.5. The fourth-order valence-electron chi connectivity index (χ4n) is 5.84. The van der Waals surface area contributed by atoms with Gasteiger partial charge in [-0.25, -0.2) is 9.97 Å². The van der Waals surface area contributed by atoms with Crippen molar-refractivity contribution in [1.82, 2.24) is 15.0 Å². The van der Waals surface area contributed by atoms with Gasteiger partial charge in [-0.1, -0.05) is 133 Å². The minimum absolute atomic E-state index is 0.842. The molecule has 3 nitrogen and oxygen atoms in total. The first-order valence-corrected chi connectivity index (χ1v) is 14.8.